The standard InChI is InChI=1S/C14H28N2O7S/c1-13(2,3)22-11(17)15-8-10(9-21-24(7,19)20)16-12(18)23-14(4,5)6/h10H,8-9H2,1-7H3,(H,15,17)(H,16,18). The van der Waals surface area contributed by atoms with E-state index in [4.69, 9.17) is 9.47 Å². The molecular weight excluding hydrogens is 340 g/mol. The van der Waals surface area contributed by atoms with Crippen molar-refractivity contribution >= 4 is 22.3 Å². The molecule has 1 unspecified atom stereocenters. The van der Waals surface area contributed by atoms with E-state index >= 15 is 0 Å². The maximum Gasteiger partial charge on any atom is 0.408 e. The van der Waals surface area contributed by atoms with Crippen molar-refractivity contribution in [2.24, 2.45) is 0 Å². The Kier molecular flexibility index (Phi) is 7.97. The van der Waals surface area contributed by atoms with E-state index in [0.29, 0.717) is 0 Å². The van der Waals surface area contributed by atoms with Crippen molar-refractivity contribution in [3.8, 4) is 0 Å². The second-order valence-corrected chi connectivity index (χ2v) is 8.86. The highest BCUT2D eigenvalue weighted by Crippen LogP contribution is 2.08. The summed E-state index contributed by atoms with van der Waals surface area (Å²) in [5, 5.41) is 4.88. The minimum atomic E-state index is -3.69. The van der Waals surface area contributed by atoms with Gasteiger partial charge in [0.2, 0.25) is 0 Å². The summed E-state index contributed by atoms with van der Waals surface area (Å²) in [6, 6.07) is -0.818. The van der Waals surface area contributed by atoms with Crippen molar-refractivity contribution in [3.63, 3.8) is 0 Å². The zero-order valence-corrected chi connectivity index (χ0v) is 16.1. The average Bonchev–Trinajstić information content (AvgIpc) is 2.26. The van der Waals surface area contributed by atoms with Crippen LogP contribution in [0.15, 0.2) is 0 Å². The lowest BCUT2D eigenvalue weighted by Gasteiger charge is -2.24. The molecule has 0 aromatic carbocycles. The van der Waals surface area contributed by atoms with E-state index in [0.717, 1.165) is 6.26 Å². The molecule has 1 atom stereocenters. The fourth-order valence-electron chi connectivity index (χ4n) is 1.35. The maximum atomic E-state index is 11.8. The fraction of sp³-hybridized carbons (Fsp3) is 0.857. The van der Waals surface area contributed by atoms with Crippen LogP contribution in [-0.2, 0) is 23.8 Å². The lowest BCUT2D eigenvalue weighted by Crippen LogP contribution is -2.48. The molecule has 2 N–H and O–H groups in total. The second kappa shape index (κ2) is 8.52. The van der Waals surface area contributed by atoms with Gasteiger partial charge in [0.1, 0.15) is 11.2 Å². The van der Waals surface area contributed by atoms with Gasteiger partial charge in [0.15, 0.2) is 0 Å². The molecule has 9 nitrogen and oxygen atoms in total. The van der Waals surface area contributed by atoms with Gasteiger partial charge in [0.05, 0.1) is 18.9 Å². The van der Waals surface area contributed by atoms with Gasteiger partial charge in [-0.2, -0.15) is 8.42 Å². The predicted molar refractivity (Wildman–Crippen MR) is 88.2 cm³/mol. The van der Waals surface area contributed by atoms with Crippen LogP contribution in [0.4, 0.5) is 9.59 Å². The van der Waals surface area contributed by atoms with Crippen LogP contribution in [-0.4, -0.2) is 57.3 Å². The SMILES string of the molecule is CC(C)(C)OC(=O)NCC(COS(C)(=O)=O)NC(=O)OC(C)(C)C. The van der Waals surface area contributed by atoms with Gasteiger partial charge in [-0.3, -0.25) is 4.18 Å². The van der Waals surface area contributed by atoms with E-state index in [-0.39, 0.29) is 13.2 Å². The highest BCUT2D eigenvalue weighted by Gasteiger charge is 2.22. The summed E-state index contributed by atoms with van der Waals surface area (Å²) < 4.78 is 37.0. The molecule has 0 saturated heterocycles. The van der Waals surface area contributed by atoms with Crippen molar-refractivity contribution in [1.29, 1.82) is 0 Å². The molecule has 0 bridgehead atoms. The Hall–Kier alpha value is -1.55. The lowest BCUT2D eigenvalue weighted by atomic mass is 10.2. The molecule has 0 aliphatic rings. The molecule has 0 radical (unpaired) electrons. The van der Waals surface area contributed by atoms with E-state index in [1.165, 1.54) is 0 Å². The first-order valence-corrected chi connectivity index (χ1v) is 9.20. The second-order valence-electron chi connectivity index (χ2n) is 7.21. The van der Waals surface area contributed by atoms with Crippen LogP contribution in [0.5, 0.6) is 0 Å². The number of rotatable bonds is 6. The van der Waals surface area contributed by atoms with E-state index in [2.05, 4.69) is 14.8 Å². The fourth-order valence-corrected chi connectivity index (χ4v) is 1.76. The summed E-state index contributed by atoms with van der Waals surface area (Å²) in [6.07, 6.45) is -0.563. The Morgan fingerprint density at radius 2 is 1.42 bits per heavy atom. The molecule has 0 aliphatic carbocycles. The van der Waals surface area contributed by atoms with Crippen LogP contribution in [0.1, 0.15) is 41.5 Å². The molecule has 0 rings (SSSR count). The van der Waals surface area contributed by atoms with Crippen LogP contribution >= 0.6 is 0 Å². The van der Waals surface area contributed by atoms with Gasteiger partial charge in [0, 0.05) is 6.54 Å². The highest BCUT2D eigenvalue weighted by molar-refractivity contribution is 7.85. The summed E-state index contributed by atoms with van der Waals surface area (Å²) in [4.78, 5) is 23.4. The van der Waals surface area contributed by atoms with E-state index in [1.54, 1.807) is 41.5 Å². The molecule has 0 saturated carbocycles. The molecule has 2 amide bonds. The minimum Gasteiger partial charge on any atom is -0.444 e. The number of hydrogen-bond donors (Lipinski definition) is 2. The smallest absolute Gasteiger partial charge is 0.408 e. The topological polar surface area (TPSA) is 120 Å². The number of alkyl carbamates (subject to hydrolysis) is 2. The molecule has 0 spiro atoms. The molecular formula is C14H28N2O7S. The van der Waals surface area contributed by atoms with Crippen molar-refractivity contribution in [2.75, 3.05) is 19.4 Å². The van der Waals surface area contributed by atoms with E-state index in [9.17, 15) is 18.0 Å². The van der Waals surface area contributed by atoms with Crippen LogP contribution < -0.4 is 10.6 Å². The van der Waals surface area contributed by atoms with Gasteiger partial charge in [-0.25, -0.2) is 9.59 Å². The van der Waals surface area contributed by atoms with Crippen molar-refractivity contribution < 1.29 is 31.7 Å². The first kappa shape index (κ1) is 22.4. The van der Waals surface area contributed by atoms with Crippen molar-refractivity contribution in [3.05, 3.63) is 0 Å². The van der Waals surface area contributed by atoms with Crippen LogP contribution in [0, 0.1) is 0 Å². The Bertz CT molecular complexity index is 532. The summed E-state index contributed by atoms with van der Waals surface area (Å²) in [5.74, 6) is 0. The molecule has 10 heteroatoms. The zero-order valence-electron chi connectivity index (χ0n) is 15.3. The Morgan fingerprint density at radius 3 is 1.83 bits per heavy atom. The molecule has 142 valence electrons. The van der Waals surface area contributed by atoms with Gasteiger partial charge >= 0.3 is 12.2 Å². The molecule has 0 aliphatic heterocycles. The molecule has 0 aromatic rings. The Labute approximate surface area is 143 Å². The van der Waals surface area contributed by atoms with Gasteiger partial charge in [-0.05, 0) is 41.5 Å². The maximum absolute atomic E-state index is 11.8. The third-order valence-corrected chi connectivity index (χ3v) is 2.66. The number of nitrogens with one attached hydrogen (secondary N) is 2. The highest BCUT2D eigenvalue weighted by atomic mass is 32.2. The van der Waals surface area contributed by atoms with Crippen LogP contribution in [0.3, 0.4) is 0 Å². The van der Waals surface area contributed by atoms with Crippen LogP contribution in [0.2, 0.25) is 0 Å². The van der Waals surface area contributed by atoms with Crippen molar-refractivity contribution in [1.82, 2.24) is 10.6 Å². The Morgan fingerprint density at radius 1 is 0.958 bits per heavy atom. The Balaban J connectivity index is 4.69. The van der Waals surface area contributed by atoms with E-state index in [1.807, 2.05) is 0 Å². The van der Waals surface area contributed by atoms with Gasteiger partial charge in [-0.1, -0.05) is 0 Å². The third-order valence-electron chi connectivity index (χ3n) is 2.10. The lowest BCUT2D eigenvalue weighted by molar-refractivity contribution is 0.0448. The average molecular weight is 368 g/mol. The number of ether oxygens (including phenoxy) is 2. The number of carbonyl (C=O) groups is 2. The summed E-state index contributed by atoms with van der Waals surface area (Å²) in [7, 11) is -3.69. The molecule has 0 heterocycles. The summed E-state index contributed by atoms with van der Waals surface area (Å²) in [5.41, 5.74) is -1.40. The van der Waals surface area contributed by atoms with Gasteiger partial charge < -0.3 is 20.1 Å². The zero-order chi connectivity index (χ0) is 19.2. The molecule has 0 fully saturated rings. The minimum absolute atomic E-state index is 0.0936. The molecule has 0 aromatic heterocycles. The largest absolute Gasteiger partial charge is 0.444 e. The first-order valence-electron chi connectivity index (χ1n) is 7.38. The summed E-state index contributed by atoms with van der Waals surface area (Å²) in [6.45, 7) is 9.73. The third kappa shape index (κ3) is 14.1. The number of carbonyl (C=O) groups excluding carboxylic acids is 2. The number of amides is 2. The molecule has 24 heavy (non-hydrogen) atoms. The quantitative estimate of drug-likeness (QED) is 0.680. The first-order chi connectivity index (χ1) is 10.6. The van der Waals surface area contributed by atoms with Crippen molar-refractivity contribution in [2.45, 2.75) is 58.8 Å². The monoisotopic (exact) mass is 368 g/mol. The van der Waals surface area contributed by atoms with Crippen LogP contribution in [0.25, 0.3) is 0 Å². The normalized spacial score (nSPS) is 13.8. The number of hydrogen-bond acceptors (Lipinski definition) is 7. The van der Waals surface area contributed by atoms with Gasteiger partial charge in [-0.15, -0.1) is 0 Å². The van der Waals surface area contributed by atoms with E-state index < -0.39 is 39.5 Å². The van der Waals surface area contributed by atoms with Gasteiger partial charge in [0.25, 0.3) is 10.1 Å². The predicted octanol–water partition coefficient (Wildman–Crippen LogP) is 1.38. The summed E-state index contributed by atoms with van der Waals surface area (Å²) >= 11 is 0.